The Kier molecular flexibility index (Phi) is 6.00. The Balaban J connectivity index is 4.23. The molecule has 1 amide bonds. The van der Waals surface area contributed by atoms with Crippen LogP contribution in [0.4, 0.5) is 0 Å². The van der Waals surface area contributed by atoms with E-state index in [1.54, 1.807) is 6.92 Å². The molecule has 0 aliphatic rings. The molecule has 0 heterocycles. The molecule has 0 radical (unpaired) electrons. The summed E-state index contributed by atoms with van der Waals surface area (Å²) < 4.78 is 21.3. The predicted octanol–water partition coefficient (Wildman–Crippen LogP) is -0.516. The van der Waals surface area contributed by atoms with Crippen molar-refractivity contribution in [3.8, 4) is 0 Å². The number of hydrogen-bond donors (Lipinski definition) is 3. The minimum atomic E-state index is -3.48. The number of primary sulfonamides is 1. The van der Waals surface area contributed by atoms with Gasteiger partial charge >= 0.3 is 0 Å². The Hall–Kier alpha value is -0.730. The van der Waals surface area contributed by atoms with Gasteiger partial charge in [-0.25, -0.2) is 13.6 Å². The molecular weight excluding hydrogens is 262 g/mol. The van der Waals surface area contributed by atoms with E-state index < -0.39 is 15.4 Å². The van der Waals surface area contributed by atoms with Crippen molar-refractivity contribution in [2.75, 3.05) is 12.3 Å². The van der Waals surface area contributed by atoms with Crippen LogP contribution in [0.5, 0.6) is 0 Å². The van der Waals surface area contributed by atoms with Gasteiger partial charge in [-0.2, -0.15) is 0 Å². The monoisotopic (exact) mass is 281 g/mol. The Morgan fingerprint density at radius 3 is 2.35 bits per heavy atom. The van der Waals surface area contributed by atoms with E-state index >= 15 is 0 Å². The smallest absolute Gasteiger partial charge is 0.232 e. The van der Waals surface area contributed by atoms with E-state index in [2.05, 4.69) is 5.32 Å². The molecule has 0 rings (SSSR count). The lowest BCUT2D eigenvalue weighted by molar-refractivity contribution is -0.126. The minimum Gasteiger partial charge on any atom is -0.392 e. The fourth-order valence-electron chi connectivity index (χ4n) is 1.12. The first-order valence-corrected chi connectivity index (χ1v) is 7.34. The van der Waals surface area contributed by atoms with E-state index in [-0.39, 0.29) is 29.6 Å². The number of sulfonamides is 1. The zero-order chi connectivity index (χ0) is 13.7. The zero-order valence-corrected chi connectivity index (χ0v) is 11.7. The number of nitrogens with two attached hydrogens (primary N) is 2. The van der Waals surface area contributed by atoms with Crippen molar-refractivity contribution in [2.24, 2.45) is 16.3 Å². The first-order valence-electron chi connectivity index (χ1n) is 5.22. The third-order valence-corrected chi connectivity index (χ3v) is 3.95. The quantitative estimate of drug-likeness (QED) is 0.429. The second kappa shape index (κ2) is 6.27. The van der Waals surface area contributed by atoms with Gasteiger partial charge in [-0.05, 0) is 19.8 Å². The van der Waals surface area contributed by atoms with Crippen LogP contribution in [-0.4, -0.2) is 31.6 Å². The Morgan fingerprint density at radius 2 is 2.00 bits per heavy atom. The van der Waals surface area contributed by atoms with Gasteiger partial charge in [0.05, 0.1) is 16.2 Å². The Morgan fingerprint density at radius 1 is 1.47 bits per heavy atom. The summed E-state index contributed by atoms with van der Waals surface area (Å²) in [6.45, 7) is 3.70. The summed E-state index contributed by atoms with van der Waals surface area (Å²) in [4.78, 5) is 11.9. The van der Waals surface area contributed by atoms with Crippen LogP contribution in [0.25, 0.3) is 0 Å². The molecule has 8 heteroatoms. The maximum Gasteiger partial charge on any atom is 0.232 e. The van der Waals surface area contributed by atoms with E-state index in [1.165, 1.54) is 0 Å². The van der Waals surface area contributed by atoms with Crippen LogP contribution >= 0.6 is 12.2 Å². The summed E-state index contributed by atoms with van der Waals surface area (Å²) in [5.74, 6) is -0.453. The van der Waals surface area contributed by atoms with Crippen molar-refractivity contribution in [3.63, 3.8) is 0 Å². The zero-order valence-electron chi connectivity index (χ0n) is 10.0. The van der Waals surface area contributed by atoms with Crippen LogP contribution in [0.1, 0.15) is 26.7 Å². The summed E-state index contributed by atoms with van der Waals surface area (Å²) in [7, 11) is -3.48. The number of thiocarbonyl (C=S) groups is 1. The number of nitrogens with one attached hydrogen (secondary N) is 1. The third-order valence-electron chi connectivity index (χ3n) is 2.64. The molecule has 0 aliphatic heterocycles. The molecule has 0 aromatic rings. The molecule has 100 valence electrons. The molecule has 0 fully saturated rings. The number of carbonyl (C=O) groups excluding carboxylic acids is 1. The molecule has 17 heavy (non-hydrogen) atoms. The third kappa shape index (κ3) is 5.42. The summed E-state index contributed by atoms with van der Waals surface area (Å²) >= 11 is 4.84. The Labute approximate surface area is 107 Å². The summed E-state index contributed by atoms with van der Waals surface area (Å²) in [6, 6.07) is 0. The molecule has 0 spiro atoms. The van der Waals surface area contributed by atoms with E-state index in [1.807, 2.05) is 6.92 Å². The van der Waals surface area contributed by atoms with Crippen LogP contribution in [0.2, 0.25) is 0 Å². The molecule has 0 saturated heterocycles. The molecule has 0 aliphatic carbocycles. The fraction of sp³-hybridized carbons (Fsp3) is 0.778. The number of hydrogen-bond acceptors (Lipinski definition) is 4. The standard InChI is InChI=1S/C9H19N3O3S2/c1-3-9(2,7(10)16)8(13)12-5-4-6-17(11,14)15/h3-6H2,1-2H3,(H2,10,16)(H,12,13)(H2,11,14,15). The molecule has 1 atom stereocenters. The van der Waals surface area contributed by atoms with Crippen molar-refractivity contribution in [2.45, 2.75) is 26.7 Å². The van der Waals surface area contributed by atoms with Gasteiger partial charge in [-0.15, -0.1) is 0 Å². The second-order valence-electron chi connectivity index (χ2n) is 4.03. The lowest BCUT2D eigenvalue weighted by Crippen LogP contribution is -2.47. The number of amides is 1. The van der Waals surface area contributed by atoms with Crippen LogP contribution in [0.3, 0.4) is 0 Å². The number of carbonyl (C=O) groups is 1. The molecule has 0 bridgehead atoms. The summed E-state index contributed by atoms with van der Waals surface area (Å²) in [5.41, 5.74) is 4.62. The molecule has 0 aromatic heterocycles. The minimum absolute atomic E-state index is 0.129. The molecular formula is C9H19N3O3S2. The van der Waals surface area contributed by atoms with Crippen molar-refractivity contribution in [1.82, 2.24) is 5.32 Å². The lowest BCUT2D eigenvalue weighted by atomic mass is 9.86. The van der Waals surface area contributed by atoms with Gasteiger partial charge in [0.1, 0.15) is 0 Å². The van der Waals surface area contributed by atoms with Gasteiger partial charge in [-0.3, -0.25) is 4.79 Å². The highest BCUT2D eigenvalue weighted by molar-refractivity contribution is 7.89. The van der Waals surface area contributed by atoms with Crippen molar-refractivity contribution >= 4 is 33.1 Å². The molecule has 6 nitrogen and oxygen atoms in total. The second-order valence-corrected chi connectivity index (χ2v) is 6.20. The topological polar surface area (TPSA) is 115 Å². The van der Waals surface area contributed by atoms with E-state index in [9.17, 15) is 13.2 Å². The molecule has 0 aromatic carbocycles. The van der Waals surface area contributed by atoms with Crippen LogP contribution < -0.4 is 16.2 Å². The van der Waals surface area contributed by atoms with E-state index in [0.29, 0.717) is 6.42 Å². The van der Waals surface area contributed by atoms with Crippen molar-refractivity contribution in [1.29, 1.82) is 0 Å². The Bertz CT molecular complexity index is 394. The average Bonchev–Trinajstić information content (AvgIpc) is 2.21. The summed E-state index contributed by atoms with van der Waals surface area (Å²) in [5, 5.41) is 7.43. The van der Waals surface area contributed by atoms with Gasteiger partial charge in [0.2, 0.25) is 15.9 Å². The van der Waals surface area contributed by atoms with Crippen LogP contribution in [0, 0.1) is 5.41 Å². The highest BCUT2D eigenvalue weighted by Gasteiger charge is 2.34. The van der Waals surface area contributed by atoms with Gasteiger partial charge in [0.15, 0.2) is 0 Å². The average molecular weight is 281 g/mol. The van der Waals surface area contributed by atoms with Crippen LogP contribution in [0.15, 0.2) is 0 Å². The molecule has 0 saturated carbocycles. The highest BCUT2D eigenvalue weighted by Crippen LogP contribution is 2.21. The van der Waals surface area contributed by atoms with E-state index in [0.717, 1.165) is 0 Å². The van der Waals surface area contributed by atoms with Crippen molar-refractivity contribution < 1.29 is 13.2 Å². The molecule has 1 unspecified atom stereocenters. The maximum atomic E-state index is 11.8. The SMILES string of the molecule is CCC(C)(C(=O)NCCCS(N)(=O)=O)C(N)=S. The first kappa shape index (κ1) is 16.3. The maximum absolute atomic E-state index is 11.8. The van der Waals surface area contributed by atoms with Gasteiger partial charge in [0, 0.05) is 6.54 Å². The normalized spacial score (nSPS) is 15.0. The van der Waals surface area contributed by atoms with E-state index in [4.69, 9.17) is 23.1 Å². The summed E-state index contributed by atoms with van der Waals surface area (Å²) in [6.07, 6.45) is 0.755. The van der Waals surface area contributed by atoms with Gasteiger partial charge in [-0.1, -0.05) is 19.1 Å². The van der Waals surface area contributed by atoms with Gasteiger partial charge in [0.25, 0.3) is 0 Å². The van der Waals surface area contributed by atoms with Crippen LogP contribution in [-0.2, 0) is 14.8 Å². The molecule has 5 N–H and O–H groups in total. The largest absolute Gasteiger partial charge is 0.392 e. The highest BCUT2D eigenvalue weighted by atomic mass is 32.2. The lowest BCUT2D eigenvalue weighted by Gasteiger charge is -2.25. The predicted molar refractivity (Wildman–Crippen MR) is 70.8 cm³/mol. The van der Waals surface area contributed by atoms with Gasteiger partial charge < -0.3 is 11.1 Å². The fourth-order valence-corrected chi connectivity index (χ4v) is 1.90. The van der Waals surface area contributed by atoms with Crippen molar-refractivity contribution in [3.05, 3.63) is 0 Å². The first-order chi connectivity index (χ1) is 7.63. The number of rotatable bonds is 7.